The van der Waals surface area contributed by atoms with Gasteiger partial charge in [-0.1, -0.05) is 58.5 Å². The molecule has 2 nitrogen and oxygen atoms in total. The second-order valence-corrected chi connectivity index (χ2v) is 5.72. The van der Waals surface area contributed by atoms with E-state index >= 15 is 0 Å². The smallest absolute Gasteiger partial charge is 0.106 e. The van der Waals surface area contributed by atoms with Crippen LogP contribution in [0.15, 0.2) is 53.0 Å². The van der Waals surface area contributed by atoms with Crippen molar-refractivity contribution in [1.29, 1.82) is 0 Å². The van der Waals surface area contributed by atoms with Crippen molar-refractivity contribution in [1.82, 2.24) is 0 Å². The third kappa shape index (κ3) is 3.55. The first kappa shape index (κ1) is 14.0. The molecular formula is C15H15BrN2S. The SMILES string of the molecule is CN(Cc1ccccc1)c1ccc(Br)cc1C(N)=S. The molecule has 0 saturated carbocycles. The van der Waals surface area contributed by atoms with E-state index in [0.717, 1.165) is 22.3 Å². The van der Waals surface area contributed by atoms with Crippen LogP contribution in [-0.4, -0.2) is 12.0 Å². The topological polar surface area (TPSA) is 29.3 Å². The molecule has 0 amide bonds. The van der Waals surface area contributed by atoms with Gasteiger partial charge in [0.15, 0.2) is 0 Å². The zero-order chi connectivity index (χ0) is 13.8. The second-order valence-electron chi connectivity index (χ2n) is 4.37. The van der Waals surface area contributed by atoms with Gasteiger partial charge in [-0.2, -0.15) is 0 Å². The Morgan fingerprint density at radius 2 is 1.89 bits per heavy atom. The van der Waals surface area contributed by atoms with Gasteiger partial charge in [0.05, 0.1) is 0 Å². The van der Waals surface area contributed by atoms with Gasteiger partial charge in [-0.3, -0.25) is 0 Å². The van der Waals surface area contributed by atoms with E-state index in [0.29, 0.717) is 4.99 Å². The van der Waals surface area contributed by atoms with E-state index in [1.54, 1.807) is 0 Å². The minimum Gasteiger partial charge on any atom is -0.389 e. The molecule has 0 aliphatic carbocycles. The fraction of sp³-hybridized carbons (Fsp3) is 0.133. The van der Waals surface area contributed by atoms with Crippen molar-refractivity contribution in [2.24, 2.45) is 5.73 Å². The predicted molar refractivity (Wildman–Crippen MR) is 88.6 cm³/mol. The van der Waals surface area contributed by atoms with Crippen LogP contribution in [-0.2, 0) is 6.54 Å². The molecule has 0 bridgehead atoms. The van der Waals surface area contributed by atoms with Gasteiger partial charge in [0.1, 0.15) is 4.99 Å². The van der Waals surface area contributed by atoms with E-state index in [2.05, 4.69) is 33.0 Å². The Bertz CT molecular complexity index is 584. The molecule has 2 N–H and O–H groups in total. The summed E-state index contributed by atoms with van der Waals surface area (Å²) in [5, 5.41) is 0. The van der Waals surface area contributed by atoms with E-state index in [9.17, 15) is 0 Å². The van der Waals surface area contributed by atoms with Crippen LogP contribution >= 0.6 is 28.1 Å². The monoisotopic (exact) mass is 334 g/mol. The highest BCUT2D eigenvalue weighted by Crippen LogP contribution is 2.25. The highest BCUT2D eigenvalue weighted by Gasteiger charge is 2.10. The zero-order valence-corrected chi connectivity index (χ0v) is 13.0. The molecule has 2 aromatic rings. The normalized spacial score (nSPS) is 10.2. The summed E-state index contributed by atoms with van der Waals surface area (Å²) in [4.78, 5) is 2.56. The van der Waals surface area contributed by atoms with Crippen LogP contribution in [0.1, 0.15) is 11.1 Å². The van der Waals surface area contributed by atoms with Gasteiger partial charge >= 0.3 is 0 Å². The molecule has 0 aromatic heterocycles. The van der Waals surface area contributed by atoms with Crippen molar-refractivity contribution in [3.05, 3.63) is 64.1 Å². The Morgan fingerprint density at radius 3 is 2.53 bits per heavy atom. The van der Waals surface area contributed by atoms with Crippen molar-refractivity contribution < 1.29 is 0 Å². The van der Waals surface area contributed by atoms with Crippen molar-refractivity contribution >= 4 is 38.8 Å². The van der Waals surface area contributed by atoms with E-state index < -0.39 is 0 Å². The van der Waals surface area contributed by atoms with E-state index in [4.69, 9.17) is 18.0 Å². The van der Waals surface area contributed by atoms with E-state index in [1.807, 2.05) is 43.4 Å². The minimum absolute atomic E-state index is 0.413. The summed E-state index contributed by atoms with van der Waals surface area (Å²) in [5.74, 6) is 0. The summed E-state index contributed by atoms with van der Waals surface area (Å²) in [7, 11) is 2.04. The summed E-state index contributed by atoms with van der Waals surface area (Å²) in [6.07, 6.45) is 0. The molecule has 0 fully saturated rings. The van der Waals surface area contributed by atoms with Gasteiger partial charge in [-0.25, -0.2) is 0 Å². The fourth-order valence-corrected chi connectivity index (χ4v) is 2.51. The Hall–Kier alpha value is -1.39. The highest BCUT2D eigenvalue weighted by atomic mass is 79.9. The van der Waals surface area contributed by atoms with Gasteiger partial charge in [-0.05, 0) is 23.8 Å². The molecular weight excluding hydrogens is 320 g/mol. The first-order valence-corrected chi connectivity index (χ1v) is 7.12. The molecule has 0 unspecified atom stereocenters. The van der Waals surface area contributed by atoms with E-state index in [-0.39, 0.29) is 0 Å². The Morgan fingerprint density at radius 1 is 1.21 bits per heavy atom. The summed E-state index contributed by atoms with van der Waals surface area (Å²) >= 11 is 8.57. The number of hydrogen-bond donors (Lipinski definition) is 1. The maximum absolute atomic E-state index is 5.80. The van der Waals surface area contributed by atoms with Gasteiger partial charge in [0.2, 0.25) is 0 Å². The highest BCUT2D eigenvalue weighted by molar-refractivity contribution is 9.10. The lowest BCUT2D eigenvalue weighted by molar-refractivity contribution is 0.921. The lowest BCUT2D eigenvalue weighted by Crippen LogP contribution is -2.21. The maximum Gasteiger partial charge on any atom is 0.106 e. The van der Waals surface area contributed by atoms with Gasteiger partial charge in [0.25, 0.3) is 0 Å². The number of anilines is 1. The Kier molecular flexibility index (Phi) is 4.56. The number of thiocarbonyl (C=S) groups is 1. The van der Waals surface area contributed by atoms with E-state index in [1.165, 1.54) is 5.56 Å². The average Bonchev–Trinajstić information content (AvgIpc) is 2.39. The summed E-state index contributed by atoms with van der Waals surface area (Å²) < 4.78 is 0.979. The average molecular weight is 335 g/mol. The molecule has 0 heterocycles. The molecule has 0 atom stereocenters. The number of nitrogens with zero attached hydrogens (tertiary/aromatic N) is 1. The maximum atomic E-state index is 5.80. The summed E-state index contributed by atoms with van der Waals surface area (Å²) in [6.45, 7) is 0.818. The van der Waals surface area contributed by atoms with Gasteiger partial charge in [-0.15, -0.1) is 0 Å². The number of nitrogens with two attached hydrogens (primary N) is 1. The van der Waals surface area contributed by atoms with Crippen LogP contribution in [0.2, 0.25) is 0 Å². The van der Waals surface area contributed by atoms with Gasteiger partial charge in [0, 0.05) is 29.3 Å². The molecule has 0 radical (unpaired) electrons. The largest absolute Gasteiger partial charge is 0.389 e. The van der Waals surface area contributed by atoms with Crippen LogP contribution < -0.4 is 10.6 Å². The summed E-state index contributed by atoms with van der Waals surface area (Å²) in [6, 6.07) is 16.3. The van der Waals surface area contributed by atoms with Crippen LogP contribution in [0.4, 0.5) is 5.69 Å². The van der Waals surface area contributed by atoms with Crippen LogP contribution in [0.3, 0.4) is 0 Å². The Balaban J connectivity index is 2.28. The van der Waals surface area contributed by atoms with Crippen LogP contribution in [0.5, 0.6) is 0 Å². The second kappa shape index (κ2) is 6.17. The first-order valence-electron chi connectivity index (χ1n) is 5.92. The lowest BCUT2D eigenvalue weighted by atomic mass is 10.1. The fourth-order valence-electron chi connectivity index (χ4n) is 1.98. The van der Waals surface area contributed by atoms with Crippen molar-refractivity contribution in [3.63, 3.8) is 0 Å². The van der Waals surface area contributed by atoms with Crippen molar-refractivity contribution in [2.75, 3.05) is 11.9 Å². The van der Waals surface area contributed by atoms with Crippen molar-refractivity contribution in [3.8, 4) is 0 Å². The van der Waals surface area contributed by atoms with Crippen LogP contribution in [0.25, 0.3) is 0 Å². The molecule has 4 heteroatoms. The number of hydrogen-bond acceptors (Lipinski definition) is 2. The first-order chi connectivity index (χ1) is 9.08. The predicted octanol–water partition coefficient (Wildman–Crippen LogP) is 3.72. The molecule has 19 heavy (non-hydrogen) atoms. The zero-order valence-electron chi connectivity index (χ0n) is 10.6. The Labute approximate surface area is 127 Å². The molecule has 2 aromatic carbocycles. The third-order valence-corrected chi connectivity index (χ3v) is 3.61. The molecule has 0 spiro atoms. The molecule has 98 valence electrons. The molecule has 0 aliphatic heterocycles. The van der Waals surface area contributed by atoms with Crippen molar-refractivity contribution in [2.45, 2.75) is 6.54 Å². The lowest BCUT2D eigenvalue weighted by Gasteiger charge is -2.22. The number of rotatable bonds is 4. The molecule has 0 aliphatic rings. The number of benzene rings is 2. The minimum atomic E-state index is 0.413. The third-order valence-electron chi connectivity index (χ3n) is 2.90. The van der Waals surface area contributed by atoms with Crippen LogP contribution in [0, 0.1) is 0 Å². The molecule has 2 rings (SSSR count). The van der Waals surface area contributed by atoms with Gasteiger partial charge < -0.3 is 10.6 Å². The molecule has 0 saturated heterocycles. The standard InChI is InChI=1S/C15H15BrN2S/c1-18(10-11-5-3-2-4-6-11)14-8-7-12(16)9-13(14)15(17)19/h2-9H,10H2,1H3,(H2,17,19). The number of halogens is 1. The quantitative estimate of drug-likeness (QED) is 0.864. The summed E-state index contributed by atoms with van der Waals surface area (Å²) in [5.41, 5.74) is 8.98.